The molecule has 0 bridgehead atoms. The molecule has 1 aromatic rings. The highest BCUT2D eigenvalue weighted by molar-refractivity contribution is 6.30. The van der Waals surface area contributed by atoms with Gasteiger partial charge in [0.15, 0.2) is 0 Å². The Morgan fingerprint density at radius 1 is 1.30 bits per heavy atom. The molecule has 0 aliphatic heterocycles. The third-order valence-electron chi connectivity index (χ3n) is 3.30. The number of ether oxygens (including phenoxy) is 1. The van der Waals surface area contributed by atoms with Crippen LogP contribution in [-0.2, 0) is 15.1 Å². The molecule has 0 fully saturated rings. The molecule has 0 saturated carbocycles. The van der Waals surface area contributed by atoms with Crippen molar-refractivity contribution < 1.29 is 9.53 Å². The molecular weight excluding hydrogens is 274 g/mol. The monoisotopic (exact) mass is 297 g/mol. The highest BCUT2D eigenvalue weighted by Gasteiger charge is 2.39. The van der Waals surface area contributed by atoms with Gasteiger partial charge in [-0.3, -0.25) is 5.32 Å². The topological polar surface area (TPSA) is 38.3 Å². The van der Waals surface area contributed by atoms with E-state index in [1.165, 1.54) is 0 Å². The normalized spacial score (nSPS) is 14.1. The van der Waals surface area contributed by atoms with E-state index in [9.17, 15) is 4.79 Å². The summed E-state index contributed by atoms with van der Waals surface area (Å²) in [7, 11) is 0. The molecule has 0 heterocycles. The Hall–Kier alpha value is -1.06. The van der Waals surface area contributed by atoms with Crippen molar-refractivity contribution in [2.24, 2.45) is 5.92 Å². The minimum Gasteiger partial charge on any atom is -0.464 e. The molecule has 20 heavy (non-hydrogen) atoms. The maximum absolute atomic E-state index is 12.5. The van der Waals surface area contributed by atoms with Gasteiger partial charge in [-0.15, -0.1) is 0 Å². The van der Waals surface area contributed by atoms with E-state index < -0.39 is 5.54 Å². The Bertz CT molecular complexity index is 431. The first kappa shape index (κ1) is 17.0. The van der Waals surface area contributed by atoms with E-state index in [1.807, 2.05) is 26.0 Å². The highest BCUT2D eigenvalue weighted by atomic mass is 35.5. The smallest absolute Gasteiger partial charge is 0.330 e. The maximum atomic E-state index is 12.5. The minimum absolute atomic E-state index is 0.231. The molecule has 3 nitrogen and oxygen atoms in total. The van der Waals surface area contributed by atoms with E-state index in [0.29, 0.717) is 24.0 Å². The number of hydrogen-bond acceptors (Lipinski definition) is 3. The van der Waals surface area contributed by atoms with Gasteiger partial charge in [-0.1, -0.05) is 44.5 Å². The first-order valence-corrected chi connectivity index (χ1v) is 7.52. The Morgan fingerprint density at radius 2 is 1.90 bits per heavy atom. The van der Waals surface area contributed by atoms with Gasteiger partial charge in [-0.25, -0.2) is 4.79 Å². The van der Waals surface area contributed by atoms with Crippen molar-refractivity contribution >= 4 is 17.6 Å². The molecule has 1 N–H and O–H groups in total. The molecule has 1 aromatic carbocycles. The largest absolute Gasteiger partial charge is 0.464 e. The second-order valence-electron chi connectivity index (χ2n) is 5.26. The van der Waals surface area contributed by atoms with Gasteiger partial charge in [0.1, 0.15) is 5.54 Å². The standard InChI is InChI=1S/C16H24ClNO2/c1-5-16(15(19)20-6-2,18-11-12(3)4)13-7-9-14(17)10-8-13/h7-10,12,18H,5-6,11H2,1-4H3. The van der Waals surface area contributed by atoms with Crippen LogP contribution in [0.1, 0.15) is 39.7 Å². The van der Waals surface area contributed by atoms with Crippen LogP contribution in [0.2, 0.25) is 5.02 Å². The van der Waals surface area contributed by atoms with Gasteiger partial charge in [0.25, 0.3) is 0 Å². The lowest BCUT2D eigenvalue weighted by Crippen LogP contribution is -2.51. The maximum Gasteiger partial charge on any atom is 0.330 e. The number of halogens is 1. The molecule has 0 aromatic heterocycles. The number of carbonyl (C=O) groups excluding carboxylic acids is 1. The zero-order chi connectivity index (χ0) is 15.2. The van der Waals surface area contributed by atoms with Crippen molar-refractivity contribution in [1.82, 2.24) is 5.32 Å². The van der Waals surface area contributed by atoms with Crippen molar-refractivity contribution in [1.29, 1.82) is 0 Å². The fourth-order valence-electron chi connectivity index (χ4n) is 2.13. The number of nitrogens with one attached hydrogen (secondary N) is 1. The first-order chi connectivity index (χ1) is 9.46. The van der Waals surface area contributed by atoms with Crippen LogP contribution < -0.4 is 5.32 Å². The molecule has 0 aliphatic carbocycles. The van der Waals surface area contributed by atoms with Gasteiger partial charge < -0.3 is 4.74 Å². The van der Waals surface area contributed by atoms with Crippen LogP contribution in [0.4, 0.5) is 0 Å². The third-order valence-corrected chi connectivity index (χ3v) is 3.56. The van der Waals surface area contributed by atoms with Crippen LogP contribution in [0, 0.1) is 5.92 Å². The molecule has 1 rings (SSSR count). The quantitative estimate of drug-likeness (QED) is 0.779. The molecule has 1 atom stereocenters. The van der Waals surface area contributed by atoms with Crippen LogP contribution in [0.5, 0.6) is 0 Å². The first-order valence-electron chi connectivity index (χ1n) is 7.14. The molecular formula is C16H24ClNO2. The molecule has 0 amide bonds. The van der Waals surface area contributed by atoms with Crippen molar-refractivity contribution in [3.8, 4) is 0 Å². The number of esters is 1. The van der Waals surface area contributed by atoms with Crippen LogP contribution >= 0.6 is 11.6 Å². The van der Waals surface area contributed by atoms with Gasteiger partial charge in [0.2, 0.25) is 0 Å². The van der Waals surface area contributed by atoms with Gasteiger partial charge >= 0.3 is 5.97 Å². The predicted molar refractivity (Wildman–Crippen MR) is 82.9 cm³/mol. The molecule has 0 saturated heterocycles. The van der Waals surface area contributed by atoms with E-state index in [-0.39, 0.29) is 5.97 Å². The van der Waals surface area contributed by atoms with Crippen LogP contribution in [0.15, 0.2) is 24.3 Å². The number of rotatable bonds is 7. The zero-order valence-corrected chi connectivity index (χ0v) is 13.5. The fraction of sp³-hybridized carbons (Fsp3) is 0.562. The highest BCUT2D eigenvalue weighted by Crippen LogP contribution is 2.28. The molecule has 0 radical (unpaired) electrons. The lowest BCUT2D eigenvalue weighted by atomic mass is 9.86. The second kappa shape index (κ2) is 7.65. The average Bonchev–Trinajstić information content (AvgIpc) is 2.41. The fourth-order valence-corrected chi connectivity index (χ4v) is 2.26. The summed E-state index contributed by atoms with van der Waals surface area (Å²) >= 11 is 5.94. The summed E-state index contributed by atoms with van der Waals surface area (Å²) in [5.41, 5.74) is 0.0914. The van der Waals surface area contributed by atoms with E-state index in [0.717, 1.165) is 12.1 Å². The Kier molecular flexibility index (Phi) is 6.50. The Morgan fingerprint density at radius 3 is 2.35 bits per heavy atom. The summed E-state index contributed by atoms with van der Waals surface area (Å²) in [5.74, 6) is 0.216. The van der Waals surface area contributed by atoms with E-state index >= 15 is 0 Å². The summed E-state index contributed by atoms with van der Waals surface area (Å²) in [6.45, 7) is 9.15. The molecule has 0 aliphatic rings. The number of benzene rings is 1. The summed E-state index contributed by atoms with van der Waals surface area (Å²) in [5, 5.41) is 4.04. The lowest BCUT2D eigenvalue weighted by Gasteiger charge is -2.33. The predicted octanol–water partition coefficient (Wildman–Crippen LogP) is 3.75. The van der Waals surface area contributed by atoms with Gasteiger partial charge in [0, 0.05) is 5.02 Å². The van der Waals surface area contributed by atoms with Crippen molar-refractivity contribution in [2.75, 3.05) is 13.2 Å². The average molecular weight is 298 g/mol. The molecule has 0 spiro atoms. The summed E-state index contributed by atoms with van der Waals surface area (Å²) in [6.07, 6.45) is 0.625. The Labute approximate surface area is 126 Å². The van der Waals surface area contributed by atoms with Gasteiger partial charge in [-0.2, -0.15) is 0 Å². The molecule has 1 unspecified atom stereocenters. The third kappa shape index (κ3) is 3.97. The van der Waals surface area contributed by atoms with E-state index in [1.54, 1.807) is 12.1 Å². The summed E-state index contributed by atoms with van der Waals surface area (Å²) in [4.78, 5) is 12.5. The number of carbonyl (C=O) groups is 1. The SMILES string of the molecule is CCOC(=O)C(CC)(NCC(C)C)c1ccc(Cl)cc1. The van der Waals surface area contributed by atoms with Crippen LogP contribution in [-0.4, -0.2) is 19.1 Å². The summed E-state index contributed by atoms with van der Waals surface area (Å²) in [6, 6.07) is 7.38. The lowest BCUT2D eigenvalue weighted by molar-refractivity contribution is -0.152. The van der Waals surface area contributed by atoms with Gasteiger partial charge in [-0.05, 0) is 43.5 Å². The van der Waals surface area contributed by atoms with Crippen LogP contribution in [0.3, 0.4) is 0 Å². The minimum atomic E-state index is -0.801. The number of hydrogen-bond donors (Lipinski definition) is 1. The van der Waals surface area contributed by atoms with E-state index in [4.69, 9.17) is 16.3 Å². The van der Waals surface area contributed by atoms with E-state index in [2.05, 4.69) is 19.2 Å². The molecule has 112 valence electrons. The van der Waals surface area contributed by atoms with Crippen molar-refractivity contribution in [3.63, 3.8) is 0 Å². The summed E-state index contributed by atoms with van der Waals surface area (Å²) < 4.78 is 5.28. The van der Waals surface area contributed by atoms with Crippen molar-refractivity contribution in [2.45, 2.75) is 39.7 Å². The van der Waals surface area contributed by atoms with Crippen LogP contribution in [0.25, 0.3) is 0 Å². The van der Waals surface area contributed by atoms with Gasteiger partial charge in [0.05, 0.1) is 6.61 Å². The molecule has 4 heteroatoms. The zero-order valence-electron chi connectivity index (χ0n) is 12.7. The Balaban J connectivity index is 3.15. The second-order valence-corrected chi connectivity index (χ2v) is 5.70. The van der Waals surface area contributed by atoms with Crippen molar-refractivity contribution in [3.05, 3.63) is 34.9 Å².